The van der Waals surface area contributed by atoms with E-state index >= 15 is 0 Å². The molecule has 0 spiro atoms. The van der Waals surface area contributed by atoms with E-state index in [1.54, 1.807) is 36.4 Å². The van der Waals surface area contributed by atoms with Crippen LogP contribution < -0.4 is 10.5 Å². The largest absolute Gasteiger partial charge is 0.512 e. The Balaban J connectivity index is 1.65. The Hall–Kier alpha value is -3.92. The summed E-state index contributed by atoms with van der Waals surface area (Å²) < 4.78 is 48.0. The molecule has 1 aromatic heterocycles. The maximum absolute atomic E-state index is 13.7. The maximum atomic E-state index is 13.7. The summed E-state index contributed by atoms with van der Waals surface area (Å²) in [6.07, 6.45) is 3.77. The molecule has 10 heteroatoms. The van der Waals surface area contributed by atoms with Gasteiger partial charge in [-0.2, -0.15) is 8.42 Å². The standard InChI is InChI=1S/C32H38FN3O5S/c1-5-16-32(17-15-21-9-11-23(33)12-10-21)19-26(37)28(30(38)41-32)29(31(2,3)4)22-7-6-8-25(18-22)36-42(39,40)27-14-13-24(34)20-35-27/h6-14,18,20,29,36-37H,5,15-17,19,34H2,1-4H3/t29?,32-/m0/s1. The number of carbonyl (C=O) groups excluding carboxylic acids is 1. The lowest BCUT2D eigenvalue weighted by Crippen LogP contribution is -2.43. The van der Waals surface area contributed by atoms with Crippen LogP contribution >= 0.6 is 0 Å². The van der Waals surface area contributed by atoms with Crippen LogP contribution in [-0.4, -0.2) is 30.1 Å². The van der Waals surface area contributed by atoms with Crippen molar-refractivity contribution in [3.05, 3.63) is 95.1 Å². The molecule has 2 atom stereocenters. The molecule has 1 aliphatic rings. The first-order valence-corrected chi connectivity index (χ1v) is 15.5. The summed E-state index contributed by atoms with van der Waals surface area (Å²) in [5.41, 5.74) is 6.55. The third-order valence-corrected chi connectivity index (χ3v) is 8.78. The molecule has 0 amide bonds. The Labute approximate surface area is 246 Å². The van der Waals surface area contributed by atoms with Gasteiger partial charge in [0.25, 0.3) is 10.0 Å². The zero-order valence-corrected chi connectivity index (χ0v) is 25.2. The van der Waals surface area contributed by atoms with Crippen molar-refractivity contribution in [3.63, 3.8) is 0 Å². The van der Waals surface area contributed by atoms with Crippen molar-refractivity contribution in [1.82, 2.24) is 4.98 Å². The smallest absolute Gasteiger partial charge is 0.338 e. The van der Waals surface area contributed by atoms with Crippen molar-refractivity contribution < 1.29 is 27.4 Å². The molecular formula is C32H38FN3O5S. The predicted octanol–water partition coefficient (Wildman–Crippen LogP) is 6.66. The normalized spacial score (nSPS) is 18.5. The Kier molecular flexibility index (Phi) is 8.96. The third kappa shape index (κ3) is 7.10. The quantitative estimate of drug-likeness (QED) is 0.223. The number of aromatic nitrogens is 1. The highest BCUT2D eigenvalue weighted by Crippen LogP contribution is 2.47. The summed E-state index contributed by atoms with van der Waals surface area (Å²) in [6, 6.07) is 15.7. The van der Waals surface area contributed by atoms with E-state index in [1.807, 2.05) is 27.7 Å². The van der Waals surface area contributed by atoms with Gasteiger partial charge in [0.15, 0.2) is 5.03 Å². The topological polar surface area (TPSA) is 132 Å². The van der Waals surface area contributed by atoms with Gasteiger partial charge >= 0.3 is 5.97 Å². The highest BCUT2D eigenvalue weighted by Gasteiger charge is 2.46. The molecule has 2 aromatic carbocycles. The molecule has 0 saturated carbocycles. The number of sulfonamides is 1. The molecule has 2 heterocycles. The molecule has 8 nitrogen and oxygen atoms in total. The summed E-state index contributed by atoms with van der Waals surface area (Å²) in [7, 11) is -4.00. The maximum Gasteiger partial charge on any atom is 0.338 e. The number of rotatable bonds is 10. The lowest BCUT2D eigenvalue weighted by molar-refractivity contribution is -0.161. The Morgan fingerprint density at radius 2 is 1.83 bits per heavy atom. The molecule has 1 aliphatic heterocycles. The van der Waals surface area contributed by atoms with Crippen molar-refractivity contribution in [2.45, 2.75) is 76.3 Å². The summed E-state index contributed by atoms with van der Waals surface area (Å²) in [5, 5.41) is 11.3. The first-order valence-electron chi connectivity index (χ1n) is 14.0. The van der Waals surface area contributed by atoms with E-state index in [4.69, 9.17) is 10.5 Å². The van der Waals surface area contributed by atoms with E-state index in [2.05, 4.69) is 9.71 Å². The summed E-state index contributed by atoms with van der Waals surface area (Å²) in [6.45, 7) is 7.84. The van der Waals surface area contributed by atoms with Gasteiger partial charge in [0.1, 0.15) is 17.2 Å². The van der Waals surface area contributed by atoms with E-state index < -0.39 is 32.9 Å². The van der Waals surface area contributed by atoms with Crippen molar-refractivity contribution in [2.75, 3.05) is 10.5 Å². The average Bonchev–Trinajstić information content (AvgIpc) is 2.90. The number of esters is 1. The van der Waals surface area contributed by atoms with Crippen molar-refractivity contribution in [2.24, 2.45) is 5.41 Å². The fourth-order valence-corrected chi connectivity index (χ4v) is 6.59. The van der Waals surface area contributed by atoms with Gasteiger partial charge in [0.2, 0.25) is 0 Å². The van der Waals surface area contributed by atoms with Gasteiger partial charge in [-0.15, -0.1) is 0 Å². The van der Waals surface area contributed by atoms with E-state index in [0.29, 0.717) is 30.5 Å². The summed E-state index contributed by atoms with van der Waals surface area (Å²) in [4.78, 5) is 17.6. The number of benzene rings is 2. The lowest BCUT2D eigenvalue weighted by atomic mass is 9.70. The Morgan fingerprint density at radius 3 is 2.43 bits per heavy atom. The molecule has 0 saturated heterocycles. The lowest BCUT2D eigenvalue weighted by Gasteiger charge is -2.41. The molecular weight excluding hydrogens is 557 g/mol. The van der Waals surface area contributed by atoms with Gasteiger partial charge < -0.3 is 15.6 Å². The number of ether oxygens (including phenoxy) is 1. The van der Waals surface area contributed by atoms with Gasteiger partial charge in [-0.1, -0.05) is 58.4 Å². The minimum atomic E-state index is -4.00. The molecule has 0 aliphatic carbocycles. The van der Waals surface area contributed by atoms with Crippen LogP contribution in [0.1, 0.15) is 70.4 Å². The molecule has 1 unspecified atom stereocenters. The van der Waals surface area contributed by atoms with Gasteiger partial charge in [-0.3, -0.25) is 4.72 Å². The monoisotopic (exact) mass is 595 g/mol. The number of nitrogens with one attached hydrogen (secondary N) is 1. The van der Waals surface area contributed by atoms with Crippen LogP contribution in [0.5, 0.6) is 0 Å². The molecule has 0 fully saturated rings. The molecule has 3 aromatic rings. The van der Waals surface area contributed by atoms with Crippen LogP contribution in [0.4, 0.5) is 15.8 Å². The number of anilines is 2. The van der Waals surface area contributed by atoms with E-state index in [9.17, 15) is 22.7 Å². The minimum Gasteiger partial charge on any atom is -0.512 e. The number of aliphatic hydroxyl groups is 1. The second-order valence-electron chi connectivity index (χ2n) is 11.9. The number of nitrogen functional groups attached to an aromatic ring is 1. The number of halogens is 1. The number of carbonyl (C=O) groups is 1. The van der Waals surface area contributed by atoms with Crippen LogP contribution in [-0.2, 0) is 26.0 Å². The molecule has 4 N–H and O–H groups in total. The Morgan fingerprint density at radius 1 is 1.12 bits per heavy atom. The number of aryl methyl sites for hydroxylation is 1. The fraction of sp³-hybridized carbons (Fsp3) is 0.375. The van der Waals surface area contributed by atoms with Crippen molar-refractivity contribution in [1.29, 1.82) is 0 Å². The van der Waals surface area contributed by atoms with Gasteiger partial charge in [-0.05, 0) is 72.2 Å². The number of hydrogen-bond donors (Lipinski definition) is 3. The summed E-state index contributed by atoms with van der Waals surface area (Å²) in [5.74, 6) is -1.54. The van der Waals surface area contributed by atoms with E-state index in [0.717, 1.165) is 12.0 Å². The highest BCUT2D eigenvalue weighted by atomic mass is 32.2. The van der Waals surface area contributed by atoms with Gasteiger partial charge in [-0.25, -0.2) is 14.2 Å². The number of pyridine rings is 1. The highest BCUT2D eigenvalue weighted by molar-refractivity contribution is 7.92. The van der Waals surface area contributed by atoms with Crippen LogP contribution in [0.25, 0.3) is 0 Å². The number of nitrogens with zero attached hydrogens (tertiary/aromatic N) is 1. The molecule has 0 bridgehead atoms. The second-order valence-corrected chi connectivity index (χ2v) is 13.6. The van der Waals surface area contributed by atoms with Crippen LogP contribution in [0.3, 0.4) is 0 Å². The van der Waals surface area contributed by atoms with Crippen molar-refractivity contribution >= 4 is 27.4 Å². The molecule has 0 radical (unpaired) electrons. The first kappa shape index (κ1) is 31.0. The molecule has 224 valence electrons. The number of cyclic esters (lactones) is 1. The third-order valence-electron chi connectivity index (χ3n) is 7.48. The zero-order chi connectivity index (χ0) is 30.7. The zero-order valence-electron chi connectivity index (χ0n) is 24.4. The predicted molar refractivity (Wildman–Crippen MR) is 161 cm³/mol. The fourth-order valence-electron chi connectivity index (χ4n) is 5.61. The van der Waals surface area contributed by atoms with Gasteiger partial charge in [0.05, 0.1) is 17.5 Å². The van der Waals surface area contributed by atoms with Crippen LogP contribution in [0, 0.1) is 11.2 Å². The van der Waals surface area contributed by atoms with E-state index in [1.165, 1.54) is 30.5 Å². The molecule has 42 heavy (non-hydrogen) atoms. The van der Waals surface area contributed by atoms with E-state index in [-0.39, 0.29) is 34.3 Å². The number of nitrogens with two attached hydrogens (primary N) is 1. The van der Waals surface area contributed by atoms with Gasteiger partial charge in [0, 0.05) is 18.0 Å². The Bertz CT molecular complexity index is 1560. The summed E-state index contributed by atoms with van der Waals surface area (Å²) >= 11 is 0. The second kappa shape index (κ2) is 12.1. The average molecular weight is 596 g/mol. The number of hydrogen-bond acceptors (Lipinski definition) is 7. The van der Waals surface area contributed by atoms with Crippen LogP contribution in [0.2, 0.25) is 0 Å². The number of aliphatic hydroxyl groups excluding tert-OH is 1. The molecule has 4 rings (SSSR count). The van der Waals surface area contributed by atoms with Crippen LogP contribution in [0.15, 0.2) is 83.2 Å². The SMILES string of the molecule is CCC[C@]1(CCc2ccc(F)cc2)CC(O)=C(C(c2cccc(NS(=O)(=O)c3ccc(N)cn3)c2)C(C)(C)C)C(=O)O1. The minimum absolute atomic E-state index is 0.0317. The first-order chi connectivity index (χ1) is 19.7. The van der Waals surface area contributed by atoms with Crippen molar-refractivity contribution in [3.8, 4) is 0 Å².